The fourth-order valence-corrected chi connectivity index (χ4v) is 2.75. The Morgan fingerprint density at radius 2 is 1.68 bits per heavy atom. The molecule has 1 aliphatic rings. The van der Waals surface area contributed by atoms with Gasteiger partial charge < -0.3 is 4.74 Å². The smallest absolute Gasteiger partial charge is 0.212 e. The topological polar surface area (TPSA) is 74.1 Å². The predicted octanol–water partition coefficient (Wildman–Crippen LogP) is 2.87. The van der Waals surface area contributed by atoms with E-state index in [1.807, 2.05) is 24.3 Å². The molecule has 0 spiro atoms. The third kappa shape index (κ3) is 2.53. The van der Waals surface area contributed by atoms with Crippen molar-refractivity contribution in [3.05, 3.63) is 71.9 Å². The van der Waals surface area contributed by atoms with Crippen molar-refractivity contribution in [2.45, 2.75) is 0 Å². The first-order chi connectivity index (χ1) is 12.2. The fraction of sp³-hybridized carbons (Fsp3) is 0.0526. The summed E-state index contributed by atoms with van der Waals surface area (Å²) in [7, 11) is 1.60. The van der Waals surface area contributed by atoms with Crippen LogP contribution in [0.5, 0.6) is 5.75 Å². The molecule has 0 radical (unpaired) electrons. The Kier molecular flexibility index (Phi) is 3.50. The molecule has 4 rings (SSSR count). The number of aromatic nitrogens is 3. The molecule has 1 aromatic heterocycles. The highest BCUT2D eigenvalue weighted by atomic mass is 16.5. The second-order valence-corrected chi connectivity index (χ2v) is 5.55. The van der Waals surface area contributed by atoms with Crippen LogP contribution in [0.25, 0.3) is 17.0 Å². The minimum absolute atomic E-state index is 0.191. The van der Waals surface area contributed by atoms with Crippen LogP contribution in [0.4, 0.5) is 0 Å². The Labute approximate surface area is 143 Å². The molecule has 6 heteroatoms. The molecule has 25 heavy (non-hydrogen) atoms. The summed E-state index contributed by atoms with van der Waals surface area (Å²) in [6, 6.07) is 14.1. The van der Waals surface area contributed by atoms with Crippen LogP contribution < -0.4 is 4.74 Å². The van der Waals surface area contributed by atoms with E-state index in [4.69, 9.17) is 4.74 Å². The average molecular weight is 331 g/mol. The summed E-state index contributed by atoms with van der Waals surface area (Å²) < 4.78 is 6.48. The molecule has 0 saturated carbocycles. The molecule has 0 amide bonds. The Morgan fingerprint density at radius 1 is 0.960 bits per heavy atom. The molecule has 0 atom stereocenters. The van der Waals surface area contributed by atoms with Crippen molar-refractivity contribution in [1.82, 2.24) is 15.0 Å². The predicted molar refractivity (Wildman–Crippen MR) is 91.4 cm³/mol. The lowest BCUT2D eigenvalue weighted by molar-refractivity contribution is 0.0996. The Bertz CT molecular complexity index is 1020. The number of fused-ring (bicyclic) bond motifs is 1. The minimum Gasteiger partial charge on any atom is -0.497 e. The van der Waals surface area contributed by atoms with Crippen LogP contribution in [0.1, 0.15) is 20.7 Å². The summed E-state index contributed by atoms with van der Waals surface area (Å²) in [6.07, 6.45) is 2.93. The van der Waals surface area contributed by atoms with Gasteiger partial charge in [0.2, 0.25) is 5.78 Å². The highest BCUT2D eigenvalue weighted by molar-refractivity contribution is 6.35. The molecule has 6 nitrogen and oxygen atoms in total. The first-order valence-corrected chi connectivity index (χ1v) is 7.64. The number of ketones is 2. The number of carbonyl (C=O) groups is 2. The van der Waals surface area contributed by atoms with Crippen molar-refractivity contribution in [3.63, 3.8) is 0 Å². The van der Waals surface area contributed by atoms with Gasteiger partial charge in [0.1, 0.15) is 17.1 Å². The van der Waals surface area contributed by atoms with Crippen LogP contribution in [0.15, 0.2) is 60.8 Å². The summed E-state index contributed by atoms with van der Waals surface area (Å²) in [4.78, 5) is 24.9. The van der Waals surface area contributed by atoms with Crippen LogP contribution in [0.3, 0.4) is 0 Å². The summed E-state index contributed by atoms with van der Waals surface area (Å²) >= 11 is 0. The molecule has 122 valence electrons. The van der Waals surface area contributed by atoms with E-state index in [1.54, 1.807) is 37.6 Å². The molecule has 0 bridgehead atoms. The van der Waals surface area contributed by atoms with Gasteiger partial charge in [-0.05, 0) is 24.3 Å². The van der Waals surface area contributed by atoms with Gasteiger partial charge in [-0.1, -0.05) is 29.5 Å². The molecule has 0 saturated heterocycles. The van der Waals surface area contributed by atoms with Crippen molar-refractivity contribution in [2.75, 3.05) is 7.11 Å². The molecular weight excluding hydrogens is 318 g/mol. The maximum atomic E-state index is 12.7. The quantitative estimate of drug-likeness (QED) is 0.738. The first-order valence-electron chi connectivity index (χ1n) is 7.64. The van der Waals surface area contributed by atoms with Crippen LogP contribution in [-0.4, -0.2) is 33.7 Å². The van der Waals surface area contributed by atoms with Gasteiger partial charge in [-0.15, -0.1) is 5.10 Å². The second kappa shape index (κ2) is 5.83. The highest BCUT2D eigenvalue weighted by Crippen LogP contribution is 2.25. The van der Waals surface area contributed by atoms with Gasteiger partial charge in [0, 0.05) is 22.8 Å². The molecule has 3 aromatic rings. The zero-order chi connectivity index (χ0) is 17.4. The fourth-order valence-electron chi connectivity index (χ4n) is 2.75. The molecule has 2 aromatic carbocycles. The van der Waals surface area contributed by atoms with E-state index >= 15 is 0 Å². The molecule has 0 aliphatic heterocycles. The van der Waals surface area contributed by atoms with Crippen LogP contribution in [0.2, 0.25) is 0 Å². The minimum atomic E-state index is -0.249. The van der Waals surface area contributed by atoms with Crippen molar-refractivity contribution < 1.29 is 14.3 Å². The molecule has 0 unspecified atom stereocenters. The maximum absolute atomic E-state index is 12.7. The zero-order valence-electron chi connectivity index (χ0n) is 13.3. The van der Waals surface area contributed by atoms with Crippen LogP contribution in [-0.2, 0) is 0 Å². The van der Waals surface area contributed by atoms with Crippen LogP contribution in [0, 0.1) is 0 Å². The third-order valence-electron chi connectivity index (χ3n) is 4.06. The van der Waals surface area contributed by atoms with E-state index in [2.05, 4.69) is 10.3 Å². The van der Waals surface area contributed by atoms with E-state index in [0.29, 0.717) is 16.8 Å². The lowest BCUT2D eigenvalue weighted by Gasteiger charge is -2.13. The van der Waals surface area contributed by atoms with Crippen molar-refractivity contribution >= 4 is 17.3 Å². The Balaban J connectivity index is 1.70. The number of hydrogen-bond acceptors (Lipinski definition) is 5. The first kappa shape index (κ1) is 15.0. The zero-order valence-corrected chi connectivity index (χ0v) is 13.3. The van der Waals surface area contributed by atoms with E-state index in [-0.39, 0.29) is 17.3 Å². The monoisotopic (exact) mass is 331 g/mol. The number of ether oxygens (including phenoxy) is 1. The highest BCUT2D eigenvalue weighted by Gasteiger charge is 2.27. The van der Waals surface area contributed by atoms with Gasteiger partial charge in [-0.2, -0.15) is 0 Å². The number of benzene rings is 2. The summed E-state index contributed by atoms with van der Waals surface area (Å²) in [5.41, 5.74) is 2.42. The average Bonchev–Trinajstić information content (AvgIpc) is 3.15. The standard InChI is InChI=1S/C19H13N3O3/c1-25-13-8-6-12(7-9-13)16-11-22(21-20-16)17-10-18(23)14-4-2-3-5-15(14)19(17)24/h2-11H,1H3. The van der Waals surface area contributed by atoms with Crippen LogP contribution >= 0.6 is 0 Å². The van der Waals surface area contributed by atoms with Gasteiger partial charge in [0.15, 0.2) is 5.78 Å². The van der Waals surface area contributed by atoms with E-state index in [1.165, 1.54) is 10.8 Å². The maximum Gasteiger partial charge on any atom is 0.212 e. The summed E-state index contributed by atoms with van der Waals surface area (Å²) in [5.74, 6) is 0.275. The molecular formula is C19H13N3O3. The van der Waals surface area contributed by atoms with Gasteiger partial charge in [0.05, 0.1) is 13.3 Å². The third-order valence-corrected chi connectivity index (χ3v) is 4.06. The van der Waals surface area contributed by atoms with Gasteiger partial charge in [0.25, 0.3) is 0 Å². The summed E-state index contributed by atoms with van der Waals surface area (Å²) in [6.45, 7) is 0. The lowest BCUT2D eigenvalue weighted by Crippen LogP contribution is -2.19. The number of hydrogen-bond donors (Lipinski definition) is 0. The van der Waals surface area contributed by atoms with Crippen molar-refractivity contribution in [3.8, 4) is 17.0 Å². The molecule has 0 N–H and O–H groups in total. The van der Waals surface area contributed by atoms with Gasteiger partial charge in [-0.3, -0.25) is 9.59 Å². The number of methoxy groups -OCH3 is 1. The van der Waals surface area contributed by atoms with Crippen molar-refractivity contribution in [1.29, 1.82) is 0 Å². The van der Waals surface area contributed by atoms with E-state index in [0.717, 1.165) is 11.3 Å². The molecule has 0 fully saturated rings. The second-order valence-electron chi connectivity index (χ2n) is 5.55. The Hall–Kier alpha value is -3.54. The lowest BCUT2D eigenvalue weighted by atomic mass is 9.93. The van der Waals surface area contributed by atoms with Gasteiger partial charge >= 0.3 is 0 Å². The largest absolute Gasteiger partial charge is 0.497 e. The van der Waals surface area contributed by atoms with Crippen molar-refractivity contribution in [2.24, 2.45) is 0 Å². The number of rotatable bonds is 3. The molecule has 1 heterocycles. The Morgan fingerprint density at radius 3 is 2.40 bits per heavy atom. The number of nitrogens with zero attached hydrogens (tertiary/aromatic N) is 3. The number of allylic oxidation sites excluding steroid dienone is 2. The normalized spacial score (nSPS) is 13.4. The van der Waals surface area contributed by atoms with E-state index in [9.17, 15) is 9.59 Å². The number of carbonyl (C=O) groups excluding carboxylic acids is 2. The summed E-state index contributed by atoms with van der Waals surface area (Å²) in [5, 5.41) is 8.11. The molecule has 1 aliphatic carbocycles. The van der Waals surface area contributed by atoms with E-state index < -0.39 is 0 Å². The number of Topliss-reactive ketones (excluding diaryl/α,β-unsaturated/α-hetero) is 1. The van der Waals surface area contributed by atoms with Gasteiger partial charge in [-0.25, -0.2) is 4.68 Å². The SMILES string of the molecule is COc1ccc(-c2cn(C3=CC(=O)c4ccccc4C3=O)nn2)cc1.